The maximum atomic E-state index is 3.56. The van der Waals surface area contributed by atoms with E-state index in [1.54, 1.807) is 0 Å². The normalized spacial score (nSPS) is 15.9. The molecule has 0 amide bonds. The number of aromatic nitrogens is 2. The van der Waals surface area contributed by atoms with E-state index < -0.39 is 0 Å². The van der Waals surface area contributed by atoms with Gasteiger partial charge in [-0.15, -0.1) is 0 Å². The highest BCUT2D eigenvalue weighted by Gasteiger charge is 2.20. The fourth-order valence-corrected chi connectivity index (χ4v) is 4.13. The smallest absolute Gasteiger partial charge is 0.0457 e. The molecule has 1 saturated heterocycles. The Hall–Kier alpha value is -2.04. The van der Waals surface area contributed by atoms with Gasteiger partial charge in [-0.25, -0.2) is 0 Å². The molecule has 2 aromatic carbocycles. The number of benzene rings is 2. The van der Waals surface area contributed by atoms with Crippen molar-refractivity contribution in [3.05, 3.63) is 71.0 Å². The van der Waals surface area contributed by atoms with Crippen LogP contribution in [0.5, 0.6) is 0 Å². The molecule has 0 unspecified atom stereocenters. The number of aromatic amines is 2. The van der Waals surface area contributed by atoms with Crippen molar-refractivity contribution in [1.29, 1.82) is 0 Å². The maximum Gasteiger partial charge on any atom is 0.0457 e. The van der Waals surface area contributed by atoms with Crippen molar-refractivity contribution in [2.45, 2.75) is 18.8 Å². The Morgan fingerprint density at radius 1 is 0.962 bits per heavy atom. The second-order valence-corrected chi connectivity index (χ2v) is 7.99. The van der Waals surface area contributed by atoms with Crippen molar-refractivity contribution < 1.29 is 0 Å². The molecule has 0 aliphatic carbocycles. The summed E-state index contributed by atoms with van der Waals surface area (Å²) < 4.78 is 1.17. The van der Waals surface area contributed by atoms with Crippen LogP contribution in [0.15, 0.2) is 65.4 Å². The van der Waals surface area contributed by atoms with E-state index in [9.17, 15) is 0 Å². The number of hydrogen-bond donors (Lipinski definition) is 2. The van der Waals surface area contributed by atoms with Crippen molar-refractivity contribution in [3.63, 3.8) is 0 Å². The molecular weight excluding hydrogens is 386 g/mol. The van der Waals surface area contributed by atoms with Gasteiger partial charge >= 0.3 is 0 Å². The van der Waals surface area contributed by atoms with Crippen molar-refractivity contribution in [1.82, 2.24) is 14.9 Å². The molecule has 3 heterocycles. The minimum absolute atomic E-state index is 0.717. The second-order valence-electron chi connectivity index (χ2n) is 7.08. The Kier molecular flexibility index (Phi) is 5.14. The van der Waals surface area contributed by atoms with Gasteiger partial charge in [0.25, 0.3) is 0 Å². The Labute approximate surface area is 162 Å². The monoisotopic (exact) mass is 409 g/mol. The highest BCUT2D eigenvalue weighted by Crippen LogP contribution is 2.33. The highest BCUT2D eigenvalue weighted by molar-refractivity contribution is 9.10. The van der Waals surface area contributed by atoms with Gasteiger partial charge in [0, 0.05) is 33.3 Å². The molecule has 0 radical (unpaired) electrons. The Balaban J connectivity index is 0.000000157. The van der Waals surface area contributed by atoms with E-state index in [1.807, 2.05) is 18.3 Å². The third-order valence-corrected chi connectivity index (χ3v) is 5.79. The third-order valence-electron chi connectivity index (χ3n) is 5.30. The molecule has 1 aliphatic heterocycles. The molecular formula is C22H24BrN3. The molecule has 0 atom stereocenters. The summed E-state index contributed by atoms with van der Waals surface area (Å²) in [5, 5.41) is 2.66. The lowest BCUT2D eigenvalue weighted by molar-refractivity contribution is 0.256. The third kappa shape index (κ3) is 3.71. The van der Waals surface area contributed by atoms with Crippen molar-refractivity contribution in [3.8, 4) is 0 Å². The summed E-state index contributed by atoms with van der Waals surface area (Å²) in [6, 6.07) is 16.8. The van der Waals surface area contributed by atoms with Crippen LogP contribution in [0.1, 0.15) is 24.3 Å². The average molecular weight is 410 g/mol. The van der Waals surface area contributed by atoms with Gasteiger partial charge < -0.3 is 14.9 Å². The van der Waals surface area contributed by atoms with E-state index >= 15 is 0 Å². The summed E-state index contributed by atoms with van der Waals surface area (Å²) in [6.07, 6.45) is 6.70. The number of nitrogens with one attached hydrogen (secondary N) is 2. The summed E-state index contributed by atoms with van der Waals surface area (Å²) >= 11 is 3.56. The molecule has 3 nitrogen and oxygen atoms in total. The number of hydrogen-bond acceptors (Lipinski definition) is 1. The number of nitrogens with zero attached hydrogens (tertiary/aromatic N) is 1. The first kappa shape index (κ1) is 17.4. The molecule has 4 aromatic rings. The first-order chi connectivity index (χ1) is 12.7. The first-order valence-corrected chi connectivity index (χ1v) is 9.97. The lowest BCUT2D eigenvalue weighted by Gasteiger charge is -2.28. The zero-order chi connectivity index (χ0) is 17.9. The Morgan fingerprint density at radius 3 is 2.58 bits per heavy atom. The van der Waals surface area contributed by atoms with Gasteiger partial charge in [-0.05, 0) is 80.2 Å². The molecule has 1 fully saturated rings. The van der Waals surface area contributed by atoms with Crippen LogP contribution in [0.25, 0.3) is 21.8 Å². The van der Waals surface area contributed by atoms with E-state index in [4.69, 9.17) is 0 Å². The van der Waals surface area contributed by atoms with Crippen molar-refractivity contribution in [2.24, 2.45) is 0 Å². The summed E-state index contributed by atoms with van der Waals surface area (Å²) in [7, 11) is 2.21. The number of likely N-dealkylation sites (tertiary alicyclic amines) is 1. The Morgan fingerprint density at radius 2 is 1.77 bits per heavy atom. The SMILES string of the molecule is CN1CCC(c2c[nH]c3ccc(Br)cc23)CC1.c1ccc2[nH]ccc2c1. The van der Waals surface area contributed by atoms with Gasteiger partial charge in [-0.2, -0.15) is 0 Å². The van der Waals surface area contributed by atoms with Crippen LogP contribution in [0, 0.1) is 0 Å². The second kappa shape index (κ2) is 7.68. The van der Waals surface area contributed by atoms with E-state index in [0.29, 0.717) is 5.92 Å². The number of fused-ring (bicyclic) bond motifs is 2. The van der Waals surface area contributed by atoms with Crippen LogP contribution in [0.4, 0.5) is 0 Å². The topological polar surface area (TPSA) is 34.8 Å². The quantitative estimate of drug-likeness (QED) is 0.402. The van der Waals surface area contributed by atoms with Crippen molar-refractivity contribution in [2.75, 3.05) is 20.1 Å². The minimum Gasteiger partial charge on any atom is -0.361 e. The number of H-pyrrole nitrogens is 2. The van der Waals surface area contributed by atoms with Crippen LogP contribution in [0.2, 0.25) is 0 Å². The largest absolute Gasteiger partial charge is 0.361 e. The predicted molar refractivity (Wildman–Crippen MR) is 114 cm³/mol. The van der Waals surface area contributed by atoms with Gasteiger partial charge in [-0.1, -0.05) is 34.1 Å². The van der Waals surface area contributed by atoms with Crippen LogP contribution in [-0.2, 0) is 0 Å². The van der Waals surface area contributed by atoms with Crippen LogP contribution < -0.4 is 0 Å². The summed E-state index contributed by atoms with van der Waals surface area (Å²) in [5.41, 5.74) is 3.95. The number of piperidine rings is 1. The van der Waals surface area contributed by atoms with E-state index in [0.717, 1.165) is 0 Å². The minimum atomic E-state index is 0.717. The van der Waals surface area contributed by atoms with E-state index in [2.05, 4.69) is 80.4 Å². The van der Waals surface area contributed by atoms with E-state index in [-0.39, 0.29) is 0 Å². The fraction of sp³-hybridized carbons (Fsp3) is 0.273. The van der Waals surface area contributed by atoms with Crippen molar-refractivity contribution >= 4 is 37.7 Å². The Bertz CT molecular complexity index is 963. The standard InChI is InChI=1S/C14H17BrN2.C8H7N/c1-17-6-4-10(5-7-17)13-9-16-14-3-2-11(15)8-12(13)14;1-2-4-8-7(3-1)5-6-9-8/h2-3,8-10,16H,4-7H2,1H3;1-6,9H. The number of para-hydroxylation sites is 1. The number of rotatable bonds is 1. The summed E-state index contributed by atoms with van der Waals surface area (Å²) in [6.45, 7) is 2.43. The van der Waals surface area contributed by atoms with E-state index in [1.165, 1.54) is 57.8 Å². The van der Waals surface area contributed by atoms with Crippen LogP contribution in [-0.4, -0.2) is 35.0 Å². The molecule has 1 aliphatic rings. The van der Waals surface area contributed by atoms with Gasteiger partial charge in [0.15, 0.2) is 0 Å². The van der Waals surface area contributed by atoms with Gasteiger partial charge in [0.05, 0.1) is 0 Å². The molecule has 4 heteroatoms. The molecule has 0 bridgehead atoms. The van der Waals surface area contributed by atoms with Crippen LogP contribution in [0.3, 0.4) is 0 Å². The van der Waals surface area contributed by atoms with Gasteiger partial charge in [-0.3, -0.25) is 0 Å². The first-order valence-electron chi connectivity index (χ1n) is 9.18. The van der Waals surface area contributed by atoms with Crippen LogP contribution >= 0.6 is 15.9 Å². The number of halogens is 1. The zero-order valence-electron chi connectivity index (χ0n) is 15.0. The lowest BCUT2D eigenvalue weighted by Crippen LogP contribution is -2.29. The average Bonchev–Trinajstić information content (AvgIpc) is 3.29. The molecule has 5 rings (SSSR count). The highest BCUT2D eigenvalue weighted by atomic mass is 79.9. The molecule has 0 saturated carbocycles. The lowest BCUT2D eigenvalue weighted by atomic mass is 9.89. The summed E-state index contributed by atoms with van der Waals surface area (Å²) in [5.74, 6) is 0.717. The molecule has 2 aromatic heterocycles. The fourth-order valence-electron chi connectivity index (χ4n) is 3.77. The zero-order valence-corrected chi connectivity index (χ0v) is 16.6. The molecule has 2 N–H and O–H groups in total. The van der Waals surface area contributed by atoms with Gasteiger partial charge in [0.1, 0.15) is 0 Å². The maximum absolute atomic E-state index is 3.56. The predicted octanol–water partition coefficient (Wildman–Crippen LogP) is 5.91. The summed E-state index contributed by atoms with van der Waals surface area (Å²) in [4.78, 5) is 8.93. The van der Waals surface area contributed by atoms with Gasteiger partial charge in [0.2, 0.25) is 0 Å². The molecule has 134 valence electrons. The molecule has 0 spiro atoms. The molecule has 26 heavy (non-hydrogen) atoms.